The van der Waals surface area contributed by atoms with Crippen molar-refractivity contribution in [1.29, 1.82) is 0 Å². The minimum Gasteiger partial charge on any atom is -0.346 e. The fourth-order valence-corrected chi connectivity index (χ4v) is 2.44. The SMILES string of the molecule is Cl.O=C(CNC(=O)C1CCCN1)Nc1ccc(-n2cncn2)cc1. The molecule has 1 aromatic carbocycles. The highest BCUT2D eigenvalue weighted by Crippen LogP contribution is 2.12. The zero-order valence-electron chi connectivity index (χ0n) is 12.9. The average molecular weight is 351 g/mol. The van der Waals surface area contributed by atoms with Crippen molar-refractivity contribution in [2.45, 2.75) is 18.9 Å². The molecule has 24 heavy (non-hydrogen) atoms. The zero-order valence-corrected chi connectivity index (χ0v) is 13.8. The third-order valence-corrected chi connectivity index (χ3v) is 3.63. The Morgan fingerprint density at radius 3 is 2.71 bits per heavy atom. The lowest BCUT2D eigenvalue weighted by atomic mass is 10.2. The van der Waals surface area contributed by atoms with Crippen LogP contribution in [0.25, 0.3) is 5.69 Å². The lowest BCUT2D eigenvalue weighted by Gasteiger charge is -2.11. The number of nitrogens with one attached hydrogen (secondary N) is 3. The Kier molecular flexibility index (Phi) is 6.28. The number of carbonyl (C=O) groups is 2. The summed E-state index contributed by atoms with van der Waals surface area (Å²) in [4.78, 5) is 27.6. The highest BCUT2D eigenvalue weighted by Gasteiger charge is 2.21. The lowest BCUT2D eigenvalue weighted by Crippen LogP contribution is -2.43. The Labute approximate surface area is 145 Å². The fourth-order valence-electron chi connectivity index (χ4n) is 2.44. The quantitative estimate of drug-likeness (QED) is 0.729. The van der Waals surface area contributed by atoms with E-state index in [1.807, 2.05) is 12.1 Å². The molecule has 3 N–H and O–H groups in total. The van der Waals surface area contributed by atoms with Crippen molar-refractivity contribution in [2.75, 3.05) is 18.4 Å². The van der Waals surface area contributed by atoms with E-state index in [0.29, 0.717) is 5.69 Å². The number of hydrogen-bond acceptors (Lipinski definition) is 5. The molecule has 2 amide bonds. The van der Waals surface area contributed by atoms with E-state index in [-0.39, 0.29) is 36.8 Å². The van der Waals surface area contributed by atoms with Crippen LogP contribution >= 0.6 is 12.4 Å². The van der Waals surface area contributed by atoms with E-state index in [1.165, 1.54) is 6.33 Å². The first-order valence-corrected chi connectivity index (χ1v) is 7.48. The van der Waals surface area contributed by atoms with E-state index < -0.39 is 0 Å². The molecule has 1 aliphatic rings. The second-order valence-electron chi connectivity index (χ2n) is 5.30. The summed E-state index contributed by atoms with van der Waals surface area (Å²) in [6.07, 6.45) is 4.86. The number of rotatable bonds is 5. The van der Waals surface area contributed by atoms with E-state index >= 15 is 0 Å². The molecule has 2 heterocycles. The van der Waals surface area contributed by atoms with Gasteiger partial charge >= 0.3 is 0 Å². The van der Waals surface area contributed by atoms with Crippen LogP contribution in [-0.2, 0) is 9.59 Å². The van der Waals surface area contributed by atoms with Gasteiger partial charge in [0, 0.05) is 5.69 Å². The van der Waals surface area contributed by atoms with Gasteiger partial charge in [0.2, 0.25) is 11.8 Å². The molecule has 0 saturated carbocycles. The Bertz CT molecular complexity index is 668. The van der Waals surface area contributed by atoms with Crippen molar-refractivity contribution in [3.8, 4) is 5.69 Å². The zero-order chi connectivity index (χ0) is 16.1. The van der Waals surface area contributed by atoms with E-state index in [2.05, 4.69) is 26.0 Å². The Morgan fingerprint density at radius 2 is 2.08 bits per heavy atom. The van der Waals surface area contributed by atoms with Crippen LogP contribution < -0.4 is 16.0 Å². The maximum atomic E-state index is 11.9. The third kappa shape index (κ3) is 4.53. The summed E-state index contributed by atoms with van der Waals surface area (Å²) in [6.45, 7) is 0.810. The number of carbonyl (C=O) groups excluding carboxylic acids is 2. The monoisotopic (exact) mass is 350 g/mol. The van der Waals surface area contributed by atoms with Crippen molar-refractivity contribution < 1.29 is 9.59 Å². The molecule has 0 bridgehead atoms. The van der Waals surface area contributed by atoms with Crippen LogP contribution in [0.4, 0.5) is 5.69 Å². The average Bonchev–Trinajstić information content (AvgIpc) is 3.26. The third-order valence-electron chi connectivity index (χ3n) is 3.63. The molecule has 8 nitrogen and oxygen atoms in total. The molecular weight excluding hydrogens is 332 g/mol. The molecule has 1 saturated heterocycles. The van der Waals surface area contributed by atoms with E-state index in [1.54, 1.807) is 23.1 Å². The van der Waals surface area contributed by atoms with Crippen LogP contribution in [0, 0.1) is 0 Å². The molecule has 1 atom stereocenters. The summed E-state index contributed by atoms with van der Waals surface area (Å²) in [5.74, 6) is -0.385. The van der Waals surface area contributed by atoms with Gasteiger partial charge in [-0.05, 0) is 43.7 Å². The van der Waals surface area contributed by atoms with Gasteiger partial charge in [-0.25, -0.2) is 9.67 Å². The fraction of sp³-hybridized carbons (Fsp3) is 0.333. The van der Waals surface area contributed by atoms with Gasteiger partial charge in [0.25, 0.3) is 0 Å². The van der Waals surface area contributed by atoms with Gasteiger partial charge in [-0.15, -0.1) is 12.4 Å². The molecule has 1 unspecified atom stereocenters. The number of benzene rings is 1. The normalized spacial score (nSPS) is 16.2. The van der Waals surface area contributed by atoms with Gasteiger partial charge in [-0.3, -0.25) is 9.59 Å². The van der Waals surface area contributed by atoms with Crippen molar-refractivity contribution >= 4 is 29.9 Å². The highest BCUT2D eigenvalue weighted by atomic mass is 35.5. The largest absolute Gasteiger partial charge is 0.346 e. The van der Waals surface area contributed by atoms with Crippen molar-refractivity contribution in [3.63, 3.8) is 0 Å². The Morgan fingerprint density at radius 1 is 1.29 bits per heavy atom. The minimum atomic E-state index is -0.259. The molecule has 1 aromatic heterocycles. The summed E-state index contributed by atoms with van der Waals surface area (Å²) in [7, 11) is 0. The smallest absolute Gasteiger partial charge is 0.243 e. The van der Waals surface area contributed by atoms with Crippen LogP contribution in [0.2, 0.25) is 0 Å². The number of halogens is 1. The molecule has 3 rings (SSSR count). The molecule has 0 radical (unpaired) electrons. The van der Waals surface area contributed by atoms with Gasteiger partial charge in [0.1, 0.15) is 12.7 Å². The topological polar surface area (TPSA) is 101 Å². The molecule has 0 spiro atoms. The first-order valence-electron chi connectivity index (χ1n) is 7.48. The summed E-state index contributed by atoms with van der Waals surface area (Å²) in [6, 6.07) is 7.02. The van der Waals surface area contributed by atoms with Gasteiger partial charge in [0.15, 0.2) is 0 Å². The number of hydrogen-bond donors (Lipinski definition) is 3. The minimum absolute atomic E-state index is 0. The van der Waals surface area contributed by atoms with E-state index in [4.69, 9.17) is 0 Å². The van der Waals surface area contributed by atoms with Gasteiger partial charge in [0.05, 0.1) is 18.3 Å². The molecule has 128 valence electrons. The van der Waals surface area contributed by atoms with Crippen LogP contribution in [-0.4, -0.2) is 45.7 Å². The number of nitrogens with zero attached hydrogens (tertiary/aromatic N) is 3. The van der Waals surface area contributed by atoms with Crippen molar-refractivity contribution in [1.82, 2.24) is 25.4 Å². The lowest BCUT2D eigenvalue weighted by molar-refractivity contribution is -0.125. The standard InChI is InChI=1S/C15H18N6O2.ClH/c22-14(8-18-15(23)13-2-1-7-17-13)20-11-3-5-12(6-4-11)21-10-16-9-19-21;/h3-6,9-10,13,17H,1-2,7-8H2,(H,18,23)(H,20,22);1H. The highest BCUT2D eigenvalue weighted by molar-refractivity contribution is 5.95. The molecule has 0 aliphatic carbocycles. The number of anilines is 1. The second-order valence-corrected chi connectivity index (χ2v) is 5.30. The summed E-state index contributed by atoms with van der Waals surface area (Å²) < 4.78 is 1.63. The maximum absolute atomic E-state index is 11.9. The maximum Gasteiger partial charge on any atom is 0.243 e. The Hall–Kier alpha value is -2.45. The predicted molar refractivity (Wildman–Crippen MR) is 91.3 cm³/mol. The van der Waals surface area contributed by atoms with E-state index in [9.17, 15) is 9.59 Å². The summed E-state index contributed by atoms with van der Waals surface area (Å²) in [5, 5.41) is 12.5. The molecule has 9 heteroatoms. The van der Waals surface area contributed by atoms with Gasteiger partial charge in [-0.1, -0.05) is 0 Å². The molecule has 2 aromatic rings. The van der Waals surface area contributed by atoms with Crippen LogP contribution in [0.15, 0.2) is 36.9 Å². The first kappa shape index (κ1) is 17.9. The van der Waals surface area contributed by atoms with Crippen LogP contribution in [0.3, 0.4) is 0 Å². The molecule has 1 fully saturated rings. The second kappa shape index (κ2) is 8.42. The summed E-state index contributed by atoms with van der Waals surface area (Å²) in [5.41, 5.74) is 1.51. The predicted octanol–water partition coefficient (Wildman–Crippen LogP) is 0.496. The molecule has 1 aliphatic heterocycles. The molecular formula is C15H19ClN6O2. The van der Waals surface area contributed by atoms with Gasteiger partial charge < -0.3 is 16.0 Å². The van der Waals surface area contributed by atoms with Gasteiger partial charge in [-0.2, -0.15) is 5.10 Å². The van der Waals surface area contributed by atoms with Crippen LogP contribution in [0.5, 0.6) is 0 Å². The van der Waals surface area contributed by atoms with E-state index in [0.717, 1.165) is 25.1 Å². The van der Waals surface area contributed by atoms with Crippen molar-refractivity contribution in [3.05, 3.63) is 36.9 Å². The summed E-state index contributed by atoms with van der Waals surface area (Å²) >= 11 is 0. The van der Waals surface area contributed by atoms with Crippen LogP contribution in [0.1, 0.15) is 12.8 Å². The Balaban J connectivity index is 0.00000208. The van der Waals surface area contributed by atoms with Crippen molar-refractivity contribution in [2.24, 2.45) is 0 Å². The first-order chi connectivity index (χ1) is 11.2. The number of aromatic nitrogens is 3. The number of amides is 2.